The number of benzene rings is 2. The lowest BCUT2D eigenvalue weighted by molar-refractivity contribution is -0.119. The molecule has 0 aliphatic carbocycles. The first-order valence-electron chi connectivity index (χ1n) is 7.32. The molecule has 0 bridgehead atoms. The van der Waals surface area contributed by atoms with Gasteiger partial charge >= 0.3 is 5.63 Å². The summed E-state index contributed by atoms with van der Waals surface area (Å²) in [6.45, 7) is 0. The van der Waals surface area contributed by atoms with Gasteiger partial charge in [0.05, 0.1) is 6.42 Å². The Hall–Kier alpha value is -3.61. The number of carbonyl (C=O) groups is 2. The van der Waals surface area contributed by atoms with Crippen molar-refractivity contribution in [3.8, 4) is 11.5 Å². The molecule has 2 aromatic carbocycles. The van der Waals surface area contributed by atoms with Crippen LogP contribution in [0.5, 0.6) is 11.5 Å². The van der Waals surface area contributed by atoms with Gasteiger partial charge < -0.3 is 14.6 Å². The van der Waals surface area contributed by atoms with Crippen LogP contribution in [0.25, 0.3) is 11.0 Å². The summed E-state index contributed by atoms with van der Waals surface area (Å²) in [5, 5.41) is 21.3. The van der Waals surface area contributed by atoms with E-state index < -0.39 is 28.9 Å². The van der Waals surface area contributed by atoms with E-state index in [4.69, 9.17) is 4.42 Å². The SMILES string of the molecule is O=C(Cc1ccccc1)NC(=O)c1cc2cc(O)c(O)cc2oc1=O. The number of aromatic hydroxyl groups is 2. The molecule has 0 atom stereocenters. The predicted molar refractivity (Wildman–Crippen MR) is 88.4 cm³/mol. The zero-order valence-corrected chi connectivity index (χ0v) is 12.9. The second kappa shape index (κ2) is 6.48. The van der Waals surface area contributed by atoms with Gasteiger partial charge in [-0.25, -0.2) is 4.79 Å². The number of phenolic OH excluding ortho intramolecular Hbond substituents is 2. The molecule has 0 aliphatic rings. The molecule has 0 aliphatic heterocycles. The molecule has 0 saturated heterocycles. The van der Waals surface area contributed by atoms with Gasteiger partial charge in [-0.2, -0.15) is 0 Å². The highest BCUT2D eigenvalue weighted by atomic mass is 16.4. The van der Waals surface area contributed by atoms with Crippen molar-refractivity contribution in [1.82, 2.24) is 5.32 Å². The van der Waals surface area contributed by atoms with Crippen LogP contribution in [0.1, 0.15) is 15.9 Å². The Kier molecular flexibility index (Phi) is 4.21. The van der Waals surface area contributed by atoms with Crippen LogP contribution < -0.4 is 10.9 Å². The summed E-state index contributed by atoms with van der Waals surface area (Å²) in [4.78, 5) is 36.0. The molecule has 0 fully saturated rings. The van der Waals surface area contributed by atoms with E-state index in [0.717, 1.165) is 17.7 Å². The first-order chi connectivity index (χ1) is 11.9. The van der Waals surface area contributed by atoms with Crippen LogP contribution in [-0.2, 0) is 11.2 Å². The van der Waals surface area contributed by atoms with Crippen molar-refractivity contribution in [2.24, 2.45) is 0 Å². The average molecular weight is 339 g/mol. The highest BCUT2D eigenvalue weighted by Crippen LogP contribution is 2.29. The van der Waals surface area contributed by atoms with Crippen LogP contribution in [0.4, 0.5) is 0 Å². The Morgan fingerprint density at radius 2 is 1.68 bits per heavy atom. The zero-order chi connectivity index (χ0) is 18.0. The van der Waals surface area contributed by atoms with Gasteiger partial charge in [0.15, 0.2) is 11.5 Å². The molecule has 0 unspecified atom stereocenters. The zero-order valence-electron chi connectivity index (χ0n) is 12.9. The van der Waals surface area contributed by atoms with Crippen molar-refractivity contribution in [3.63, 3.8) is 0 Å². The van der Waals surface area contributed by atoms with Crippen LogP contribution >= 0.6 is 0 Å². The third kappa shape index (κ3) is 3.50. The standard InChI is InChI=1S/C18H13NO6/c20-13-8-11-7-12(18(24)25-15(11)9-14(13)21)17(23)19-16(22)6-10-4-2-1-3-5-10/h1-5,7-9,20-21H,6H2,(H,19,22,23). The summed E-state index contributed by atoms with van der Waals surface area (Å²) in [5.74, 6) is -2.34. The topological polar surface area (TPSA) is 117 Å². The van der Waals surface area contributed by atoms with E-state index in [1.165, 1.54) is 6.07 Å². The molecule has 7 heteroatoms. The first-order valence-corrected chi connectivity index (χ1v) is 7.32. The molecule has 3 aromatic rings. The van der Waals surface area contributed by atoms with Crippen LogP contribution in [0.15, 0.2) is 57.7 Å². The van der Waals surface area contributed by atoms with Crippen LogP contribution in [0, 0.1) is 0 Å². The van der Waals surface area contributed by atoms with Gasteiger partial charge in [0.2, 0.25) is 5.91 Å². The molecule has 1 aromatic heterocycles. The molecule has 0 saturated carbocycles. The summed E-state index contributed by atoms with van der Waals surface area (Å²) in [6, 6.07) is 12.2. The molecule has 0 radical (unpaired) electrons. The summed E-state index contributed by atoms with van der Waals surface area (Å²) >= 11 is 0. The Morgan fingerprint density at radius 3 is 2.40 bits per heavy atom. The highest BCUT2D eigenvalue weighted by Gasteiger charge is 2.17. The maximum atomic E-state index is 12.2. The van der Waals surface area contributed by atoms with Crippen molar-refractivity contribution in [3.05, 3.63) is 70.1 Å². The highest BCUT2D eigenvalue weighted by molar-refractivity contribution is 6.06. The lowest BCUT2D eigenvalue weighted by atomic mass is 10.1. The van der Waals surface area contributed by atoms with E-state index in [9.17, 15) is 24.6 Å². The minimum Gasteiger partial charge on any atom is -0.504 e. The maximum Gasteiger partial charge on any atom is 0.349 e. The van der Waals surface area contributed by atoms with Gasteiger partial charge in [-0.3, -0.25) is 14.9 Å². The van der Waals surface area contributed by atoms with E-state index in [1.807, 2.05) is 0 Å². The van der Waals surface area contributed by atoms with E-state index in [-0.39, 0.29) is 23.0 Å². The fraction of sp³-hybridized carbons (Fsp3) is 0.0556. The van der Waals surface area contributed by atoms with E-state index in [0.29, 0.717) is 0 Å². The second-order valence-corrected chi connectivity index (χ2v) is 5.37. The fourth-order valence-corrected chi connectivity index (χ4v) is 2.32. The number of rotatable bonds is 3. The Labute approximate surface area is 141 Å². The maximum absolute atomic E-state index is 12.2. The molecule has 3 rings (SSSR count). The van der Waals surface area contributed by atoms with Crippen molar-refractivity contribution in [1.29, 1.82) is 0 Å². The Balaban J connectivity index is 1.84. The van der Waals surface area contributed by atoms with Crippen molar-refractivity contribution in [2.75, 3.05) is 0 Å². The van der Waals surface area contributed by atoms with Gasteiger partial charge in [0.25, 0.3) is 5.91 Å². The quantitative estimate of drug-likeness (QED) is 0.494. The van der Waals surface area contributed by atoms with Crippen LogP contribution in [0.3, 0.4) is 0 Å². The number of nitrogens with one attached hydrogen (secondary N) is 1. The minimum absolute atomic E-state index is 0.00691. The largest absolute Gasteiger partial charge is 0.504 e. The third-order valence-electron chi connectivity index (χ3n) is 3.53. The van der Waals surface area contributed by atoms with Gasteiger partial charge in [-0.05, 0) is 17.7 Å². The normalized spacial score (nSPS) is 10.6. The number of carbonyl (C=O) groups excluding carboxylic acids is 2. The molecular weight excluding hydrogens is 326 g/mol. The third-order valence-corrected chi connectivity index (χ3v) is 3.53. The smallest absolute Gasteiger partial charge is 0.349 e. The van der Waals surface area contributed by atoms with Gasteiger partial charge in [0, 0.05) is 11.5 Å². The van der Waals surface area contributed by atoms with Crippen molar-refractivity contribution < 1.29 is 24.2 Å². The first kappa shape index (κ1) is 16.3. The summed E-state index contributed by atoms with van der Waals surface area (Å²) in [5.41, 5.74) is -0.604. The lowest BCUT2D eigenvalue weighted by Crippen LogP contribution is -2.34. The molecule has 25 heavy (non-hydrogen) atoms. The minimum atomic E-state index is -0.956. The average Bonchev–Trinajstić information content (AvgIpc) is 2.56. The second-order valence-electron chi connectivity index (χ2n) is 5.37. The van der Waals surface area contributed by atoms with Crippen LogP contribution in [-0.4, -0.2) is 22.0 Å². The number of phenols is 2. The van der Waals surface area contributed by atoms with Gasteiger partial charge in [0.1, 0.15) is 11.1 Å². The number of imide groups is 1. The van der Waals surface area contributed by atoms with E-state index in [1.54, 1.807) is 30.3 Å². The van der Waals surface area contributed by atoms with E-state index >= 15 is 0 Å². The Morgan fingerprint density at radius 1 is 1.00 bits per heavy atom. The number of hydrogen-bond donors (Lipinski definition) is 3. The molecule has 3 N–H and O–H groups in total. The van der Waals surface area contributed by atoms with Crippen molar-refractivity contribution in [2.45, 2.75) is 6.42 Å². The van der Waals surface area contributed by atoms with E-state index in [2.05, 4.69) is 5.32 Å². The summed E-state index contributed by atoms with van der Waals surface area (Å²) in [6.07, 6.45) is -0.0137. The number of amides is 2. The van der Waals surface area contributed by atoms with Gasteiger partial charge in [-0.1, -0.05) is 30.3 Å². The molecule has 1 heterocycles. The monoisotopic (exact) mass is 339 g/mol. The van der Waals surface area contributed by atoms with Crippen LogP contribution in [0.2, 0.25) is 0 Å². The summed E-state index contributed by atoms with van der Waals surface area (Å²) < 4.78 is 4.95. The van der Waals surface area contributed by atoms with Crippen molar-refractivity contribution >= 4 is 22.8 Å². The predicted octanol–water partition coefficient (Wildman–Crippen LogP) is 1.70. The molecule has 7 nitrogen and oxygen atoms in total. The summed E-state index contributed by atoms with van der Waals surface area (Å²) in [7, 11) is 0. The Bertz CT molecular complexity index is 1020. The molecule has 2 amide bonds. The number of hydrogen-bond acceptors (Lipinski definition) is 6. The molecule has 0 spiro atoms. The molecular formula is C18H13NO6. The molecule has 126 valence electrons. The lowest BCUT2D eigenvalue weighted by Gasteiger charge is -2.05. The number of fused-ring (bicyclic) bond motifs is 1. The fourth-order valence-electron chi connectivity index (χ4n) is 2.32. The van der Waals surface area contributed by atoms with Gasteiger partial charge in [-0.15, -0.1) is 0 Å².